The summed E-state index contributed by atoms with van der Waals surface area (Å²) in [6, 6.07) is 0. The van der Waals surface area contributed by atoms with Gasteiger partial charge in [0.15, 0.2) is 0 Å². The molecule has 1 heterocycles. The summed E-state index contributed by atoms with van der Waals surface area (Å²) in [7, 11) is 2.06. The molecule has 0 aliphatic rings. The summed E-state index contributed by atoms with van der Waals surface area (Å²) in [6.45, 7) is 10.2. The lowest BCUT2D eigenvalue weighted by Gasteiger charge is -1.99. The molecule has 0 radical (unpaired) electrons. The summed E-state index contributed by atoms with van der Waals surface area (Å²) in [6.07, 6.45) is 10.4. The second-order valence-corrected chi connectivity index (χ2v) is 3.69. The van der Waals surface area contributed by atoms with Gasteiger partial charge in [0, 0.05) is 24.5 Å². The van der Waals surface area contributed by atoms with Crippen LogP contribution in [0.4, 0.5) is 0 Å². The van der Waals surface area contributed by atoms with Crippen molar-refractivity contribution >= 4 is 11.6 Å². The van der Waals surface area contributed by atoms with Gasteiger partial charge in [-0.25, -0.2) is 0 Å². The van der Waals surface area contributed by atoms with E-state index in [0.29, 0.717) is 0 Å². The molecule has 0 N–H and O–H groups in total. The molecular weight excluding hydrogens is 182 g/mol. The van der Waals surface area contributed by atoms with Gasteiger partial charge in [-0.15, -0.1) is 0 Å². The zero-order chi connectivity index (χ0) is 11.4. The molecule has 1 rings (SSSR count). The molecule has 0 saturated carbocycles. The summed E-state index contributed by atoms with van der Waals surface area (Å²) < 4.78 is 2.14. The average Bonchev–Trinajstić information content (AvgIpc) is 2.47. The molecule has 0 amide bonds. The highest BCUT2D eigenvalue weighted by Gasteiger charge is 2.08. The summed E-state index contributed by atoms with van der Waals surface area (Å²) in [4.78, 5) is 0. The standard InChI is InChI=1S/C14H19N/c1-6-8-11(3)13-10-15(5)14(9-7-2)12(13)4/h6-10H,3H2,1-2,4-5H3/b8-6-,9-7-. The van der Waals surface area contributed by atoms with Crippen LogP contribution in [0.25, 0.3) is 11.6 Å². The average molecular weight is 201 g/mol. The van der Waals surface area contributed by atoms with Crippen LogP contribution in [0.3, 0.4) is 0 Å². The second kappa shape index (κ2) is 4.83. The molecule has 0 unspecified atom stereocenters. The summed E-state index contributed by atoms with van der Waals surface area (Å²) >= 11 is 0. The predicted octanol–water partition coefficient (Wildman–Crippen LogP) is 3.96. The molecule has 1 aromatic heterocycles. The van der Waals surface area contributed by atoms with Crippen LogP contribution in [0.1, 0.15) is 30.7 Å². The first-order valence-electron chi connectivity index (χ1n) is 5.22. The number of nitrogens with zero attached hydrogens (tertiary/aromatic N) is 1. The molecule has 1 aromatic rings. The van der Waals surface area contributed by atoms with Crippen molar-refractivity contribution in [3.8, 4) is 0 Å². The first-order chi connectivity index (χ1) is 7.11. The Balaban J connectivity index is 3.23. The zero-order valence-corrected chi connectivity index (χ0v) is 10.0. The number of hydrogen-bond donors (Lipinski definition) is 0. The van der Waals surface area contributed by atoms with Gasteiger partial charge in [-0.1, -0.05) is 24.8 Å². The van der Waals surface area contributed by atoms with Crippen LogP contribution in [0, 0.1) is 6.92 Å². The van der Waals surface area contributed by atoms with Gasteiger partial charge in [0.2, 0.25) is 0 Å². The number of hydrogen-bond acceptors (Lipinski definition) is 0. The fraction of sp³-hybridized carbons (Fsp3) is 0.286. The molecule has 0 atom stereocenters. The minimum Gasteiger partial charge on any atom is -0.350 e. The van der Waals surface area contributed by atoms with Crippen molar-refractivity contribution in [1.29, 1.82) is 0 Å². The molecular formula is C14H19N. The highest BCUT2D eigenvalue weighted by atomic mass is 14.9. The van der Waals surface area contributed by atoms with E-state index in [0.717, 1.165) is 5.57 Å². The zero-order valence-electron chi connectivity index (χ0n) is 10.0. The molecule has 15 heavy (non-hydrogen) atoms. The van der Waals surface area contributed by atoms with Crippen LogP contribution in [0.2, 0.25) is 0 Å². The largest absolute Gasteiger partial charge is 0.350 e. The first-order valence-corrected chi connectivity index (χ1v) is 5.22. The Kier molecular flexibility index (Phi) is 3.73. The Labute approximate surface area is 92.4 Å². The molecule has 80 valence electrons. The van der Waals surface area contributed by atoms with Crippen molar-refractivity contribution in [2.75, 3.05) is 0 Å². The minimum absolute atomic E-state index is 1.07. The van der Waals surface area contributed by atoms with E-state index in [-0.39, 0.29) is 0 Å². The van der Waals surface area contributed by atoms with E-state index < -0.39 is 0 Å². The number of allylic oxidation sites excluding steroid dienone is 4. The normalized spacial score (nSPS) is 11.7. The van der Waals surface area contributed by atoms with E-state index in [2.05, 4.69) is 43.5 Å². The Morgan fingerprint density at radius 3 is 2.53 bits per heavy atom. The third kappa shape index (κ3) is 2.30. The summed E-state index contributed by atoms with van der Waals surface area (Å²) in [5.41, 5.74) is 4.84. The SMILES string of the molecule is C=C(/C=C\C)c1cn(C)c(/C=C\C)c1C. The highest BCUT2D eigenvalue weighted by Crippen LogP contribution is 2.24. The molecule has 0 fully saturated rings. The van der Waals surface area contributed by atoms with Crippen LogP contribution in [-0.4, -0.2) is 4.57 Å². The van der Waals surface area contributed by atoms with Crippen LogP contribution in [-0.2, 0) is 7.05 Å². The first kappa shape index (κ1) is 11.6. The lowest BCUT2D eigenvalue weighted by Crippen LogP contribution is -1.88. The van der Waals surface area contributed by atoms with Crippen LogP contribution >= 0.6 is 0 Å². The molecule has 0 spiro atoms. The fourth-order valence-corrected chi connectivity index (χ4v) is 1.78. The maximum atomic E-state index is 4.07. The Hall–Kier alpha value is -1.50. The van der Waals surface area contributed by atoms with Gasteiger partial charge >= 0.3 is 0 Å². The van der Waals surface area contributed by atoms with Crippen molar-refractivity contribution in [1.82, 2.24) is 4.57 Å². The Bertz CT molecular complexity index is 417. The summed E-state index contributed by atoms with van der Waals surface area (Å²) in [5.74, 6) is 0. The van der Waals surface area contributed by atoms with E-state index in [1.54, 1.807) is 0 Å². The molecule has 1 heteroatoms. The third-order valence-corrected chi connectivity index (χ3v) is 2.53. The quantitative estimate of drug-likeness (QED) is 0.652. The van der Waals surface area contributed by atoms with E-state index in [4.69, 9.17) is 0 Å². The number of rotatable bonds is 3. The van der Waals surface area contributed by atoms with Crippen molar-refractivity contribution in [2.45, 2.75) is 20.8 Å². The maximum absolute atomic E-state index is 4.07. The van der Waals surface area contributed by atoms with Crippen molar-refractivity contribution in [2.24, 2.45) is 7.05 Å². The van der Waals surface area contributed by atoms with E-state index in [1.165, 1.54) is 16.8 Å². The van der Waals surface area contributed by atoms with Gasteiger partial charge in [-0.3, -0.25) is 0 Å². The number of aromatic nitrogens is 1. The van der Waals surface area contributed by atoms with E-state index in [9.17, 15) is 0 Å². The minimum atomic E-state index is 1.07. The lowest BCUT2D eigenvalue weighted by molar-refractivity contribution is 0.910. The van der Waals surface area contributed by atoms with E-state index in [1.807, 2.05) is 26.0 Å². The molecule has 0 saturated heterocycles. The predicted molar refractivity (Wildman–Crippen MR) is 68.7 cm³/mol. The lowest BCUT2D eigenvalue weighted by atomic mass is 10.1. The fourth-order valence-electron chi connectivity index (χ4n) is 1.78. The third-order valence-electron chi connectivity index (χ3n) is 2.53. The maximum Gasteiger partial charge on any atom is 0.0436 e. The highest BCUT2D eigenvalue weighted by molar-refractivity contribution is 5.76. The van der Waals surface area contributed by atoms with Crippen molar-refractivity contribution in [3.63, 3.8) is 0 Å². The molecule has 1 nitrogen and oxygen atoms in total. The Morgan fingerprint density at radius 2 is 2.00 bits per heavy atom. The van der Waals surface area contributed by atoms with Gasteiger partial charge in [-0.2, -0.15) is 0 Å². The van der Waals surface area contributed by atoms with Crippen LogP contribution in [0.5, 0.6) is 0 Å². The van der Waals surface area contributed by atoms with Gasteiger partial charge in [-0.05, 0) is 38.0 Å². The smallest absolute Gasteiger partial charge is 0.0436 e. The topological polar surface area (TPSA) is 4.93 Å². The molecule has 0 bridgehead atoms. The molecule has 0 aromatic carbocycles. The molecule has 0 aliphatic heterocycles. The van der Waals surface area contributed by atoms with Gasteiger partial charge in [0.25, 0.3) is 0 Å². The van der Waals surface area contributed by atoms with Crippen molar-refractivity contribution < 1.29 is 0 Å². The van der Waals surface area contributed by atoms with Crippen molar-refractivity contribution in [3.05, 3.63) is 47.8 Å². The van der Waals surface area contributed by atoms with Crippen LogP contribution in [0.15, 0.2) is 31.0 Å². The van der Waals surface area contributed by atoms with Gasteiger partial charge in [0.1, 0.15) is 0 Å². The van der Waals surface area contributed by atoms with Crippen LogP contribution < -0.4 is 0 Å². The number of aryl methyl sites for hydroxylation is 1. The Morgan fingerprint density at radius 1 is 1.33 bits per heavy atom. The van der Waals surface area contributed by atoms with Gasteiger partial charge in [0.05, 0.1) is 0 Å². The second-order valence-electron chi connectivity index (χ2n) is 3.69. The van der Waals surface area contributed by atoms with E-state index >= 15 is 0 Å². The summed E-state index contributed by atoms with van der Waals surface area (Å²) in [5, 5.41) is 0. The monoisotopic (exact) mass is 201 g/mol. The molecule has 0 aliphatic carbocycles. The van der Waals surface area contributed by atoms with Gasteiger partial charge < -0.3 is 4.57 Å².